The zero-order chi connectivity index (χ0) is 18.5. The summed E-state index contributed by atoms with van der Waals surface area (Å²) in [5.41, 5.74) is 1.25. The van der Waals surface area contributed by atoms with Crippen LogP contribution < -0.4 is 15.4 Å². The Hall–Kier alpha value is -1.77. The van der Waals surface area contributed by atoms with Gasteiger partial charge in [0.1, 0.15) is 5.75 Å². The maximum Gasteiger partial charge on any atom is 0.191 e. The summed E-state index contributed by atoms with van der Waals surface area (Å²) < 4.78 is 7.68. The van der Waals surface area contributed by atoms with Crippen molar-refractivity contribution in [3.63, 3.8) is 0 Å². The van der Waals surface area contributed by atoms with Crippen LogP contribution in [0.5, 0.6) is 5.75 Å². The first-order valence-electron chi connectivity index (χ1n) is 9.47. The molecule has 0 bridgehead atoms. The molecule has 2 rings (SSSR count). The van der Waals surface area contributed by atoms with Crippen LogP contribution in [0.15, 0.2) is 47.7 Å². The van der Waals surface area contributed by atoms with Crippen molar-refractivity contribution in [3.8, 4) is 5.75 Å². The first-order chi connectivity index (χ1) is 12.8. The van der Waals surface area contributed by atoms with Gasteiger partial charge in [0.05, 0.1) is 6.61 Å². The molecule has 7 heteroatoms. The third kappa shape index (κ3) is 10.2. The van der Waals surface area contributed by atoms with E-state index in [2.05, 4.69) is 46.7 Å². The molecule has 0 atom stereocenters. The van der Waals surface area contributed by atoms with Crippen molar-refractivity contribution in [2.75, 3.05) is 26.2 Å². The highest BCUT2D eigenvalue weighted by atomic mass is 127. The maximum absolute atomic E-state index is 5.75. The fraction of sp³-hybridized carbons (Fsp3) is 0.500. The van der Waals surface area contributed by atoms with E-state index < -0.39 is 0 Å². The van der Waals surface area contributed by atoms with Crippen molar-refractivity contribution >= 4 is 29.9 Å². The highest BCUT2D eigenvalue weighted by molar-refractivity contribution is 14.0. The molecule has 150 valence electrons. The Morgan fingerprint density at radius 1 is 1.15 bits per heavy atom. The summed E-state index contributed by atoms with van der Waals surface area (Å²) in [7, 11) is 0. The van der Waals surface area contributed by atoms with Gasteiger partial charge in [0.2, 0.25) is 0 Å². The van der Waals surface area contributed by atoms with E-state index in [0.29, 0.717) is 0 Å². The van der Waals surface area contributed by atoms with Crippen LogP contribution in [0.3, 0.4) is 0 Å². The molecule has 0 radical (unpaired) electrons. The van der Waals surface area contributed by atoms with Crippen molar-refractivity contribution in [1.29, 1.82) is 0 Å². The zero-order valence-corrected chi connectivity index (χ0v) is 18.7. The predicted molar refractivity (Wildman–Crippen MR) is 122 cm³/mol. The second kappa shape index (κ2) is 14.3. The molecule has 0 saturated heterocycles. The van der Waals surface area contributed by atoms with Crippen LogP contribution in [0.1, 0.15) is 31.7 Å². The van der Waals surface area contributed by atoms with Crippen LogP contribution in [-0.2, 0) is 6.54 Å². The number of halogens is 1. The third-order valence-electron chi connectivity index (χ3n) is 3.87. The average molecular weight is 485 g/mol. The van der Waals surface area contributed by atoms with Crippen molar-refractivity contribution in [3.05, 3.63) is 48.3 Å². The fourth-order valence-electron chi connectivity index (χ4n) is 2.46. The first kappa shape index (κ1) is 23.3. The third-order valence-corrected chi connectivity index (χ3v) is 3.87. The van der Waals surface area contributed by atoms with Crippen LogP contribution in [0.25, 0.3) is 0 Å². The average Bonchev–Trinajstić information content (AvgIpc) is 3.16. The topological polar surface area (TPSA) is 63.5 Å². The highest BCUT2D eigenvalue weighted by Gasteiger charge is 1.98. The minimum absolute atomic E-state index is 0. The quantitative estimate of drug-likeness (QED) is 0.221. The smallest absolute Gasteiger partial charge is 0.191 e. The number of hydrogen-bond acceptors (Lipinski definition) is 3. The normalized spacial score (nSPS) is 11.0. The Kier molecular flexibility index (Phi) is 12.3. The number of hydrogen-bond donors (Lipinski definition) is 2. The monoisotopic (exact) mass is 485 g/mol. The SMILES string of the molecule is CCNC(=NCCCn1cccn1)NCCCCOc1ccc(C)cc1.I. The second-order valence-corrected chi connectivity index (χ2v) is 6.18. The highest BCUT2D eigenvalue weighted by Crippen LogP contribution is 2.11. The summed E-state index contributed by atoms with van der Waals surface area (Å²) in [4.78, 5) is 4.61. The van der Waals surface area contributed by atoms with E-state index in [1.807, 2.05) is 29.1 Å². The van der Waals surface area contributed by atoms with Crippen LogP contribution in [0.4, 0.5) is 0 Å². The molecule has 0 aliphatic carbocycles. The number of unbranched alkanes of at least 4 members (excludes halogenated alkanes) is 1. The van der Waals surface area contributed by atoms with Gasteiger partial charge in [-0.15, -0.1) is 24.0 Å². The Morgan fingerprint density at radius 3 is 2.67 bits per heavy atom. The largest absolute Gasteiger partial charge is 0.494 e. The summed E-state index contributed by atoms with van der Waals surface area (Å²) in [5.74, 6) is 1.82. The minimum Gasteiger partial charge on any atom is -0.494 e. The van der Waals surface area contributed by atoms with Gasteiger partial charge in [0, 0.05) is 38.6 Å². The van der Waals surface area contributed by atoms with Crippen molar-refractivity contribution in [2.45, 2.75) is 39.7 Å². The van der Waals surface area contributed by atoms with Gasteiger partial charge in [-0.3, -0.25) is 9.67 Å². The molecule has 0 saturated carbocycles. The van der Waals surface area contributed by atoms with Crippen LogP contribution in [-0.4, -0.2) is 42.0 Å². The maximum atomic E-state index is 5.75. The molecule has 27 heavy (non-hydrogen) atoms. The lowest BCUT2D eigenvalue weighted by Crippen LogP contribution is -2.38. The molecule has 0 aliphatic heterocycles. The van der Waals surface area contributed by atoms with Gasteiger partial charge in [-0.2, -0.15) is 5.10 Å². The summed E-state index contributed by atoms with van der Waals surface area (Å²) in [5, 5.41) is 10.9. The number of guanidine groups is 1. The van der Waals surface area contributed by atoms with Gasteiger partial charge < -0.3 is 15.4 Å². The van der Waals surface area contributed by atoms with Crippen molar-refractivity contribution < 1.29 is 4.74 Å². The first-order valence-corrected chi connectivity index (χ1v) is 9.47. The molecule has 0 spiro atoms. The van der Waals surface area contributed by atoms with E-state index >= 15 is 0 Å². The molecule has 0 unspecified atom stereocenters. The number of aromatic nitrogens is 2. The number of aliphatic imine (C=N–C) groups is 1. The molecule has 2 aromatic rings. The van der Waals surface area contributed by atoms with Crippen LogP contribution >= 0.6 is 24.0 Å². The number of nitrogens with one attached hydrogen (secondary N) is 2. The molecule has 0 fully saturated rings. The second-order valence-electron chi connectivity index (χ2n) is 6.18. The zero-order valence-electron chi connectivity index (χ0n) is 16.4. The molecule has 2 N–H and O–H groups in total. The van der Waals surface area contributed by atoms with E-state index in [-0.39, 0.29) is 24.0 Å². The molecule has 1 heterocycles. The standard InChI is InChI=1S/C20H31N5O.HI/c1-3-21-20(23-13-6-15-25-16-7-14-24-25)22-12-4-5-17-26-19-10-8-18(2)9-11-19;/h7-11,14,16H,3-6,12-13,15,17H2,1-2H3,(H2,21,22,23);1H. The van der Waals surface area contributed by atoms with E-state index in [4.69, 9.17) is 4.74 Å². The van der Waals surface area contributed by atoms with Crippen molar-refractivity contribution in [2.24, 2.45) is 4.99 Å². The molecule has 0 aliphatic rings. The number of benzene rings is 1. The van der Waals surface area contributed by atoms with E-state index in [1.165, 1.54) is 5.56 Å². The summed E-state index contributed by atoms with van der Waals surface area (Å²) in [6, 6.07) is 10.1. The molecule has 1 aromatic heterocycles. The number of ether oxygens (including phenoxy) is 1. The Balaban J connectivity index is 0.00000364. The van der Waals surface area contributed by atoms with Gasteiger partial charge in [-0.1, -0.05) is 17.7 Å². The molecule has 1 aromatic carbocycles. The number of aryl methyl sites for hydroxylation is 2. The summed E-state index contributed by atoms with van der Waals surface area (Å²) in [6.45, 7) is 8.33. The molecule has 0 amide bonds. The summed E-state index contributed by atoms with van der Waals surface area (Å²) in [6.07, 6.45) is 6.81. The number of nitrogens with zero attached hydrogens (tertiary/aromatic N) is 3. The fourth-order valence-corrected chi connectivity index (χ4v) is 2.46. The van der Waals surface area contributed by atoms with Gasteiger partial charge in [0.25, 0.3) is 0 Å². The van der Waals surface area contributed by atoms with Gasteiger partial charge in [-0.05, 0) is 51.3 Å². The Morgan fingerprint density at radius 2 is 1.96 bits per heavy atom. The summed E-state index contributed by atoms with van der Waals surface area (Å²) >= 11 is 0. The number of rotatable bonds is 11. The van der Waals surface area contributed by atoms with Gasteiger partial charge in [0.15, 0.2) is 5.96 Å². The molecular weight excluding hydrogens is 453 g/mol. The molecular formula is C20H32IN5O. The Bertz CT molecular complexity index is 628. The lowest BCUT2D eigenvalue weighted by Gasteiger charge is -2.11. The van der Waals surface area contributed by atoms with Crippen LogP contribution in [0, 0.1) is 6.92 Å². The van der Waals surface area contributed by atoms with E-state index in [9.17, 15) is 0 Å². The minimum atomic E-state index is 0. The van der Waals surface area contributed by atoms with E-state index in [0.717, 1.165) is 63.8 Å². The van der Waals surface area contributed by atoms with Gasteiger partial charge in [-0.25, -0.2) is 0 Å². The molecule has 6 nitrogen and oxygen atoms in total. The van der Waals surface area contributed by atoms with Crippen molar-refractivity contribution in [1.82, 2.24) is 20.4 Å². The van der Waals surface area contributed by atoms with E-state index in [1.54, 1.807) is 6.20 Å². The Labute approximate surface area is 179 Å². The van der Waals surface area contributed by atoms with Gasteiger partial charge >= 0.3 is 0 Å². The predicted octanol–water partition coefficient (Wildman–Crippen LogP) is 3.61. The lowest BCUT2D eigenvalue weighted by molar-refractivity contribution is 0.307. The van der Waals surface area contributed by atoms with Crippen LogP contribution in [0.2, 0.25) is 0 Å². The lowest BCUT2D eigenvalue weighted by atomic mass is 10.2.